The second-order valence-electron chi connectivity index (χ2n) is 16.3. The van der Waals surface area contributed by atoms with Crippen molar-refractivity contribution in [2.24, 2.45) is 0 Å². The molecule has 0 radical (unpaired) electrons. The van der Waals surface area contributed by atoms with Crippen molar-refractivity contribution in [3.63, 3.8) is 0 Å². The first-order valence-corrected chi connectivity index (χ1v) is 21.9. The van der Waals surface area contributed by atoms with Gasteiger partial charge in [0.25, 0.3) is 0 Å². The fraction of sp³-hybridized carbons (Fsp3) is 0. The molecule has 0 saturated heterocycles. The molecule has 0 amide bonds. The van der Waals surface area contributed by atoms with E-state index in [1.165, 1.54) is 66.2 Å². The molecule has 0 unspecified atom stereocenters. The predicted octanol–water partition coefficient (Wildman–Crippen LogP) is 17.7. The summed E-state index contributed by atoms with van der Waals surface area (Å²) in [6.07, 6.45) is 0. The third-order valence-electron chi connectivity index (χ3n) is 12.6. The van der Waals surface area contributed by atoms with Crippen LogP contribution in [0.15, 0.2) is 253 Å². The molecule has 64 heavy (non-hydrogen) atoms. The molecule has 0 N–H and O–H groups in total. The molecule has 12 rings (SSSR count). The van der Waals surface area contributed by atoms with Gasteiger partial charge in [-0.2, -0.15) is 0 Å². The topological polar surface area (TPSA) is 16.4 Å². The molecule has 0 bridgehead atoms. The Morgan fingerprint density at radius 3 is 1.36 bits per heavy atom. The summed E-state index contributed by atoms with van der Waals surface area (Å²) < 4.78 is 6.44. The van der Waals surface area contributed by atoms with Crippen molar-refractivity contribution in [3.05, 3.63) is 249 Å². The van der Waals surface area contributed by atoms with Gasteiger partial charge in [0.15, 0.2) is 0 Å². The van der Waals surface area contributed by atoms with E-state index in [1.807, 2.05) is 6.07 Å². The monoisotopic (exact) mass is 815 g/mol. The SMILES string of the molecule is c1ccc(-c2c(-c3ccccc3)c(-c3ccccc3)c3cc(-c4ccc(N(c5ccccc5)c5cccc6oc7ccccc7c56)c5ccccc45)ccc3c2-c2ccccc2)cc1. The number of hydrogen-bond donors (Lipinski definition) is 0. The first-order chi connectivity index (χ1) is 31.8. The Balaban J connectivity index is 1.15. The first kappa shape index (κ1) is 37.3. The number of benzene rings is 11. The van der Waals surface area contributed by atoms with Crippen molar-refractivity contribution in [1.29, 1.82) is 0 Å². The molecular weight excluding hydrogens is 775 g/mol. The van der Waals surface area contributed by atoms with Crippen LogP contribution in [-0.4, -0.2) is 0 Å². The highest BCUT2D eigenvalue weighted by Crippen LogP contribution is 2.52. The minimum Gasteiger partial charge on any atom is -0.456 e. The molecule has 1 aromatic heterocycles. The van der Waals surface area contributed by atoms with Gasteiger partial charge in [-0.05, 0) is 114 Å². The average Bonchev–Trinajstić information content (AvgIpc) is 3.76. The van der Waals surface area contributed by atoms with Crippen molar-refractivity contribution >= 4 is 60.5 Å². The van der Waals surface area contributed by atoms with Crippen LogP contribution in [0.25, 0.3) is 99.1 Å². The summed E-state index contributed by atoms with van der Waals surface area (Å²) in [5.74, 6) is 0. The van der Waals surface area contributed by atoms with E-state index in [9.17, 15) is 0 Å². The van der Waals surface area contributed by atoms with Gasteiger partial charge in [-0.3, -0.25) is 0 Å². The van der Waals surface area contributed by atoms with Gasteiger partial charge in [0, 0.05) is 16.5 Å². The van der Waals surface area contributed by atoms with E-state index in [-0.39, 0.29) is 0 Å². The zero-order chi connectivity index (χ0) is 42.4. The molecule has 0 fully saturated rings. The Bertz CT molecular complexity index is 3630. The lowest BCUT2D eigenvalue weighted by Crippen LogP contribution is -2.11. The van der Waals surface area contributed by atoms with Crippen LogP contribution in [-0.2, 0) is 0 Å². The molecule has 2 heteroatoms. The second kappa shape index (κ2) is 15.8. The van der Waals surface area contributed by atoms with Gasteiger partial charge in [-0.15, -0.1) is 0 Å². The van der Waals surface area contributed by atoms with Gasteiger partial charge < -0.3 is 9.32 Å². The van der Waals surface area contributed by atoms with Crippen molar-refractivity contribution in [1.82, 2.24) is 0 Å². The highest BCUT2D eigenvalue weighted by atomic mass is 16.3. The van der Waals surface area contributed by atoms with Crippen molar-refractivity contribution in [2.75, 3.05) is 4.90 Å². The predicted molar refractivity (Wildman–Crippen MR) is 271 cm³/mol. The maximum absolute atomic E-state index is 6.44. The number of nitrogens with zero attached hydrogens (tertiary/aromatic N) is 1. The van der Waals surface area contributed by atoms with E-state index in [4.69, 9.17) is 4.42 Å². The van der Waals surface area contributed by atoms with Crippen LogP contribution in [0.3, 0.4) is 0 Å². The van der Waals surface area contributed by atoms with Gasteiger partial charge in [-0.25, -0.2) is 0 Å². The Hall–Kier alpha value is -8.46. The lowest BCUT2D eigenvalue weighted by atomic mass is 9.78. The van der Waals surface area contributed by atoms with Crippen LogP contribution in [0, 0.1) is 0 Å². The fourth-order valence-electron chi connectivity index (χ4n) is 9.91. The number of fused-ring (bicyclic) bond motifs is 5. The number of anilines is 3. The Kier molecular flexibility index (Phi) is 9.20. The molecule has 1 heterocycles. The molecule has 0 aliphatic rings. The smallest absolute Gasteiger partial charge is 0.137 e. The van der Waals surface area contributed by atoms with Gasteiger partial charge >= 0.3 is 0 Å². The third-order valence-corrected chi connectivity index (χ3v) is 12.6. The molecule has 0 spiro atoms. The number of hydrogen-bond acceptors (Lipinski definition) is 2. The summed E-state index contributed by atoms with van der Waals surface area (Å²) in [5.41, 5.74) is 17.0. The van der Waals surface area contributed by atoms with E-state index in [2.05, 4.69) is 248 Å². The van der Waals surface area contributed by atoms with Gasteiger partial charge in [0.05, 0.1) is 16.8 Å². The zero-order valence-electron chi connectivity index (χ0n) is 35.0. The summed E-state index contributed by atoms with van der Waals surface area (Å²) in [4.78, 5) is 2.40. The largest absolute Gasteiger partial charge is 0.456 e. The van der Waals surface area contributed by atoms with Crippen molar-refractivity contribution in [3.8, 4) is 55.6 Å². The van der Waals surface area contributed by atoms with E-state index < -0.39 is 0 Å². The average molecular weight is 816 g/mol. The summed E-state index contributed by atoms with van der Waals surface area (Å²) >= 11 is 0. The molecule has 300 valence electrons. The maximum Gasteiger partial charge on any atom is 0.137 e. The number of rotatable bonds is 8. The lowest BCUT2D eigenvalue weighted by Gasteiger charge is -2.28. The molecule has 0 atom stereocenters. The minimum atomic E-state index is 0.867. The van der Waals surface area contributed by atoms with Crippen molar-refractivity contribution in [2.45, 2.75) is 0 Å². The van der Waals surface area contributed by atoms with Crippen LogP contribution >= 0.6 is 0 Å². The van der Waals surface area contributed by atoms with Crippen LogP contribution in [0.5, 0.6) is 0 Å². The minimum absolute atomic E-state index is 0.867. The van der Waals surface area contributed by atoms with Crippen molar-refractivity contribution < 1.29 is 4.42 Å². The lowest BCUT2D eigenvalue weighted by molar-refractivity contribution is 0.669. The van der Waals surface area contributed by atoms with Crippen LogP contribution < -0.4 is 4.90 Å². The molecular formula is C62H41NO. The number of para-hydroxylation sites is 2. The summed E-state index contributed by atoms with van der Waals surface area (Å²) in [7, 11) is 0. The molecule has 0 aliphatic carbocycles. The normalized spacial score (nSPS) is 11.4. The molecule has 11 aromatic carbocycles. The second-order valence-corrected chi connectivity index (χ2v) is 16.3. The Morgan fingerprint density at radius 1 is 0.266 bits per heavy atom. The highest BCUT2D eigenvalue weighted by molar-refractivity contribution is 6.20. The summed E-state index contributed by atoms with van der Waals surface area (Å²) in [5, 5.41) is 6.95. The number of furan rings is 1. The summed E-state index contributed by atoms with van der Waals surface area (Å²) in [6, 6.07) is 89.8. The van der Waals surface area contributed by atoms with Gasteiger partial charge in [0.1, 0.15) is 11.2 Å². The fourth-order valence-corrected chi connectivity index (χ4v) is 9.91. The highest BCUT2D eigenvalue weighted by Gasteiger charge is 2.26. The molecule has 0 aliphatic heterocycles. The molecule has 12 aromatic rings. The van der Waals surface area contributed by atoms with E-state index >= 15 is 0 Å². The maximum atomic E-state index is 6.44. The van der Waals surface area contributed by atoms with E-state index in [0.29, 0.717) is 0 Å². The van der Waals surface area contributed by atoms with E-state index in [0.717, 1.165) is 50.0 Å². The first-order valence-electron chi connectivity index (χ1n) is 21.9. The molecule has 0 saturated carbocycles. The standard InChI is InChI=1S/C62H41NO/c1-6-21-42(22-7-1)58-51-38-37-46(41-53(51)59(43-23-8-2-9-24-43)61(45-27-12-4-13-28-45)60(58)44-25-10-3-11-26-44)48-39-40-54(50-32-17-16-31-49(48)50)63(47-29-14-5-15-30-47)55-34-20-36-57-62(55)52-33-18-19-35-56(52)64-57/h1-41H. The molecule has 2 nitrogen and oxygen atoms in total. The zero-order valence-corrected chi connectivity index (χ0v) is 35.0. The summed E-state index contributed by atoms with van der Waals surface area (Å²) in [6.45, 7) is 0. The van der Waals surface area contributed by atoms with Crippen LogP contribution in [0.4, 0.5) is 17.1 Å². The van der Waals surface area contributed by atoms with Gasteiger partial charge in [-0.1, -0.05) is 206 Å². The van der Waals surface area contributed by atoms with Gasteiger partial charge in [0.2, 0.25) is 0 Å². The quantitative estimate of drug-likeness (QED) is 0.152. The van der Waals surface area contributed by atoms with Crippen LogP contribution in [0.1, 0.15) is 0 Å². The van der Waals surface area contributed by atoms with Crippen LogP contribution in [0.2, 0.25) is 0 Å². The third kappa shape index (κ3) is 6.27. The Labute approximate surface area is 372 Å². The van der Waals surface area contributed by atoms with E-state index in [1.54, 1.807) is 0 Å². The Morgan fingerprint density at radius 2 is 0.750 bits per heavy atom.